The lowest BCUT2D eigenvalue weighted by atomic mass is 9.85. The molecule has 112 valence electrons. The molecule has 2 saturated heterocycles. The minimum atomic E-state index is 0.562. The molecule has 5 heteroatoms. The van der Waals surface area contributed by atoms with E-state index in [-0.39, 0.29) is 0 Å². The van der Waals surface area contributed by atoms with E-state index in [1.165, 1.54) is 32.4 Å². The predicted octanol–water partition coefficient (Wildman–Crippen LogP) is 1.84. The maximum Gasteiger partial charge on any atom is 0.226 e. The summed E-state index contributed by atoms with van der Waals surface area (Å²) in [6.45, 7) is 8.69. The van der Waals surface area contributed by atoms with Crippen LogP contribution in [-0.4, -0.2) is 40.7 Å². The summed E-state index contributed by atoms with van der Waals surface area (Å²) in [5, 5.41) is 7.78. The van der Waals surface area contributed by atoms with E-state index in [0.29, 0.717) is 5.92 Å². The number of hydrogen-bond donors (Lipinski definition) is 1. The zero-order chi connectivity index (χ0) is 13.9. The van der Waals surface area contributed by atoms with Gasteiger partial charge in [0.25, 0.3) is 0 Å². The second-order valence-electron chi connectivity index (χ2n) is 6.69. The monoisotopic (exact) mass is 278 g/mol. The zero-order valence-corrected chi connectivity index (χ0v) is 12.6. The molecule has 2 fully saturated rings. The van der Waals surface area contributed by atoms with Crippen molar-refractivity contribution in [1.29, 1.82) is 0 Å². The summed E-state index contributed by atoms with van der Waals surface area (Å²) in [5.41, 5.74) is 0. The smallest absolute Gasteiger partial charge is 0.226 e. The summed E-state index contributed by atoms with van der Waals surface area (Å²) in [7, 11) is 0. The van der Waals surface area contributed by atoms with Gasteiger partial charge in [-0.15, -0.1) is 0 Å². The van der Waals surface area contributed by atoms with E-state index in [9.17, 15) is 0 Å². The largest absolute Gasteiger partial charge is 0.339 e. The number of nitrogens with zero attached hydrogens (tertiary/aromatic N) is 3. The van der Waals surface area contributed by atoms with Crippen LogP contribution in [0.1, 0.15) is 44.8 Å². The Kier molecular flexibility index (Phi) is 4.36. The summed E-state index contributed by atoms with van der Waals surface area (Å²) >= 11 is 0. The summed E-state index contributed by atoms with van der Waals surface area (Å²) in [6, 6.07) is 0.738. The number of likely N-dealkylation sites (tertiary alicyclic amines) is 1. The van der Waals surface area contributed by atoms with Gasteiger partial charge in [0.15, 0.2) is 5.82 Å². The second kappa shape index (κ2) is 6.22. The fourth-order valence-corrected chi connectivity index (χ4v) is 3.45. The lowest BCUT2D eigenvalue weighted by molar-refractivity contribution is 0.106. The van der Waals surface area contributed by atoms with Crippen molar-refractivity contribution >= 4 is 0 Å². The molecule has 1 aromatic rings. The molecule has 0 amide bonds. The third-order valence-electron chi connectivity index (χ3n) is 4.43. The van der Waals surface area contributed by atoms with E-state index >= 15 is 0 Å². The Morgan fingerprint density at radius 2 is 2.30 bits per heavy atom. The third kappa shape index (κ3) is 3.38. The Morgan fingerprint density at radius 3 is 3.15 bits per heavy atom. The Labute approximate surface area is 121 Å². The Bertz CT molecular complexity index is 431. The topological polar surface area (TPSA) is 54.2 Å². The lowest BCUT2D eigenvalue weighted by Gasteiger charge is -2.41. The van der Waals surface area contributed by atoms with Gasteiger partial charge in [0.1, 0.15) is 0 Å². The standard InChI is InChI=1S/C15H26N4O/c1-11(2)8-15-17-14(18-20-15)10-19-7-5-13-12(9-19)4-3-6-16-13/h11-13,16H,3-10H2,1-2H3/t12-,13+/m1/s1. The van der Waals surface area contributed by atoms with Gasteiger partial charge in [-0.05, 0) is 37.6 Å². The molecule has 0 aromatic carbocycles. The molecule has 1 aromatic heterocycles. The van der Waals surface area contributed by atoms with Gasteiger partial charge in [-0.2, -0.15) is 4.98 Å². The molecule has 0 unspecified atom stereocenters. The van der Waals surface area contributed by atoms with Crippen molar-refractivity contribution in [3.63, 3.8) is 0 Å². The first kappa shape index (κ1) is 14.0. The molecule has 0 bridgehead atoms. The van der Waals surface area contributed by atoms with Crippen LogP contribution in [-0.2, 0) is 13.0 Å². The SMILES string of the molecule is CC(C)Cc1nc(CN2CC[C@@H]3NCCC[C@@H]3C2)no1. The van der Waals surface area contributed by atoms with Crippen LogP contribution in [0.4, 0.5) is 0 Å². The molecule has 2 aliphatic heterocycles. The van der Waals surface area contributed by atoms with Crippen LogP contribution in [0.5, 0.6) is 0 Å². The summed E-state index contributed by atoms with van der Waals surface area (Å²) in [5.74, 6) is 3.00. The van der Waals surface area contributed by atoms with Crippen LogP contribution < -0.4 is 5.32 Å². The van der Waals surface area contributed by atoms with E-state index in [1.807, 2.05) is 0 Å². The highest BCUT2D eigenvalue weighted by Crippen LogP contribution is 2.25. The molecular weight excluding hydrogens is 252 g/mol. The molecule has 2 aliphatic rings. The number of hydrogen-bond acceptors (Lipinski definition) is 5. The van der Waals surface area contributed by atoms with Crippen molar-refractivity contribution in [2.24, 2.45) is 11.8 Å². The Morgan fingerprint density at radius 1 is 1.40 bits per heavy atom. The first-order valence-corrected chi connectivity index (χ1v) is 7.98. The maximum absolute atomic E-state index is 5.32. The second-order valence-corrected chi connectivity index (χ2v) is 6.69. The number of fused-ring (bicyclic) bond motifs is 1. The van der Waals surface area contributed by atoms with Crippen LogP contribution in [0.15, 0.2) is 4.52 Å². The average molecular weight is 278 g/mol. The zero-order valence-electron chi connectivity index (χ0n) is 12.6. The maximum atomic E-state index is 5.32. The minimum absolute atomic E-state index is 0.562. The van der Waals surface area contributed by atoms with Crippen LogP contribution in [0.25, 0.3) is 0 Å². The highest BCUT2D eigenvalue weighted by Gasteiger charge is 2.31. The highest BCUT2D eigenvalue weighted by atomic mass is 16.5. The van der Waals surface area contributed by atoms with E-state index < -0.39 is 0 Å². The fraction of sp³-hybridized carbons (Fsp3) is 0.867. The average Bonchev–Trinajstić information content (AvgIpc) is 2.85. The molecule has 0 radical (unpaired) electrons. The quantitative estimate of drug-likeness (QED) is 0.911. The van der Waals surface area contributed by atoms with E-state index in [0.717, 1.165) is 43.2 Å². The number of piperidine rings is 2. The van der Waals surface area contributed by atoms with Gasteiger partial charge in [0.05, 0.1) is 6.54 Å². The fourth-order valence-electron chi connectivity index (χ4n) is 3.45. The number of aromatic nitrogens is 2. The predicted molar refractivity (Wildman–Crippen MR) is 77.2 cm³/mol. The third-order valence-corrected chi connectivity index (χ3v) is 4.43. The molecule has 2 atom stereocenters. The molecule has 0 saturated carbocycles. The van der Waals surface area contributed by atoms with Gasteiger partial charge < -0.3 is 9.84 Å². The van der Waals surface area contributed by atoms with Crippen LogP contribution in [0, 0.1) is 11.8 Å². The van der Waals surface area contributed by atoms with Crippen molar-refractivity contribution in [1.82, 2.24) is 20.4 Å². The number of rotatable bonds is 4. The number of nitrogens with one attached hydrogen (secondary N) is 1. The molecular formula is C15H26N4O. The molecule has 0 aliphatic carbocycles. The van der Waals surface area contributed by atoms with E-state index in [1.54, 1.807) is 0 Å². The normalized spacial score (nSPS) is 27.8. The van der Waals surface area contributed by atoms with Crippen molar-refractivity contribution in [2.75, 3.05) is 19.6 Å². The van der Waals surface area contributed by atoms with Gasteiger partial charge in [0, 0.05) is 25.6 Å². The minimum Gasteiger partial charge on any atom is -0.339 e. The molecule has 3 heterocycles. The lowest BCUT2D eigenvalue weighted by Crippen LogP contribution is -2.51. The first-order valence-electron chi connectivity index (χ1n) is 7.98. The van der Waals surface area contributed by atoms with Crippen molar-refractivity contribution < 1.29 is 4.52 Å². The van der Waals surface area contributed by atoms with Crippen molar-refractivity contribution in [3.8, 4) is 0 Å². The van der Waals surface area contributed by atoms with Crippen molar-refractivity contribution in [3.05, 3.63) is 11.7 Å². The van der Waals surface area contributed by atoms with Gasteiger partial charge >= 0.3 is 0 Å². The van der Waals surface area contributed by atoms with Gasteiger partial charge in [0.2, 0.25) is 5.89 Å². The Hall–Kier alpha value is -0.940. The van der Waals surface area contributed by atoms with Crippen LogP contribution in [0.2, 0.25) is 0 Å². The molecule has 20 heavy (non-hydrogen) atoms. The molecule has 3 rings (SSSR count). The van der Waals surface area contributed by atoms with Crippen LogP contribution >= 0.6 is 0 Å². The Balaban J connectivity index is 1.54. The van der Waals surface area contributed by atoms with Crippen LogP contribution in [0.3, 0.4) is 0 Å². The first-order chi connectivity index (χ1) is 9.70. The molecule has 5 nitrogen and oxygen atoms in total. The van der Waals surface area contributed by atoms with Gasteiger partial charge in [-0.3, -0.25) is 4.90 Å². The highest BCUT2D eigenvalue weighted by molar-refractivity contribution is 4.92. The molecule has 0 spiro atoms. The summed E-state index contributed by atoms with van der Waals surface area (Å²) < 4.78 is 5.32. The van der Waals surface area contributed by atoms with E-state index in [4.69, 9.17) is 4.52 Å². The summed E-state index contributed by atoms with van der Waals surface area (Å²) in [6.07, 6.45) is 4.80. The molecule has 1 N–H and O–H groups in total. The van der Waals surface area contributed by atoms with Gasteiger partial charge in [-0.1, -0.05) is 19.0 Å². The van der Waals surface area contributed by atoms with Crippen molar-refractivity contribution in [2.45, 2.75) is 52.1 Å². The summed E-state index contributed by atoms with van der Waals surface area (Å²) in [4.78, 5) is 7.00. The van der Waals surface area contributed by atoms with E-state index in [2.05, 4.69) is 34.2 Å². The van der Waals surface area contributed by atoms with Gasteiger partial charge in [-0.25, -0.2) is 0 Å².